The quantitative estimate of drug-likeness (QED) is 0.715. The van der Waals surface area contributed by atoms with E-state index in [2.05, 4.69) is 0 Å². The number of hydrogen-bond donors (Lipinski definition) is 0. The normalized spacial score (nSPS) is 10.3. The summed E-state index contributed by atoms with van der Waals surface area (Å²) in [6.45, 7) is 0. The molecule has 0 aliphatic heterocycles. The van der Waals surface area contributed by atoms with Gasteiger partial charge in [-0.3, -0.25) is 4.79 Å². The van der Waals surface area contributed by atoms with Crippen molar-refractivity contribution >= 4 is 11.6 Å². The first-order chi connectivity index (χ1) is 10.3. The van der Waals surface area contributed by atoms with Crippen molar-refractivity contribution in [3.63, 3.8) is 0 Å². The summed E-state index contributed by atoms with van der Waals surface area (Å²) in [5, 5.41) is 0. The molecular formula is C18H16N2O. The fraction of sp³-hybridized carbons (Fsp3) is 0.0556. The number of aromatic nitrogens is 1. The number of nitrogens with zero attached hydrogens (tertiary/aromatic N) is 2. The van der Waals surface area contributed by atoms with E-state index in [0.717, 1.165) is 11.4 Å². The first-order valence-corrected chi connectivity index (χ1v) is 6.82. The summed E-state index contributed by atoms with van der Waals surface area (Å²) >= 11 is 0. The highest BCUT2D eigenvalue weighted by atomic mass is 16.2. The summed E-state index contributed by atoms with van der Waals surface area (Å²) in [5.41, 5.74) is 2.60. The second kappa shape index (κ2) is 5.67. The molecule has 1 aromatic heterocycles. The molecule has 0 aliphatic rings. The Morgan fingerprint density at radius 3 is 2.10 bits per heavy atom. The van der Waals surface area contributed by atoms with Crippen molar-refractivity contribution in [2.75, 3.05) is 11.9 Å². The van der Waals surface area contributed by atoms with Gasteiger partial charge in [0.15, 0.2) is 0 Å². The molecular weight excluding hydrogens is 260 g/mol. The van der Waals surface area contributed by atoms with Crippen LogP contribution in [-0.4, -0.2) is 17.5 Å². The Morgan fingerprint density at radius 2 is 1.48 bits per heavy atom. The van der Waals surface area contributed by atoms with Gasteiger partial charge in [0, 0.05) is 36.4 Å². The van der Waals surface area contributed by atoms with Gasteiger partial charge in [0.05, 0.1) is 0 Å². The SMILES string of the molecule is CN(C(=O)c1ccc(-n2cccc2)cc1)c1ccccc1. The van der Waals surface area contributed by atoms with Crippen molar-refractivity contribution < 1.29 is 4.79 Å². The standard InChI is InChI=1S/C18H16N2O/c1-19(16-7-3-2-4-8-16)18(21)15-9-11-17(12-10-15)20-13-5-6-14-20/h2-14H,1H3. The van der Waals surface area contributed by atoms with Gasteiger partial charge in [-0.05, 0) is 48.5 Å². The molecule has 0 atom stereocenters. The van der Waals surface area contributed by atoms with Crippen LogP contribution < -0.4 is 4.90 Å². The van der Waals surface area contributed by atoms with Crippen molar-refractivity contribution in [2.24, 2.45) is 0 Å². The number of carbonyl (C=O) groups is 1. The van der Waals surface area contributed by atoms with Gasteiger partial charge in [0.2, 0.25) is 0 Å². The van der Waals surface area contributed by atoms with Crippen molar-refractivity contribution in [1.82, 2.24) is 4.57 Å². The van der Waals surface area contributed by atoms with Crippen molar-refractivity contribution in [2.45, 2.75) is 0 Å². The van der Waals surface area contributed by atoms with Gasteiger partial charge in [0.1, 0.15) is 0 Å². The van der Waals surface area contributed by atoms with E-state index in [-0.39, 0.29) is 5.91 Å². The fourth-order valence-corrected chi connectivity index (χ4v) is 2.25. The van der Waals surface area contributed by atoms with E-state index in [1.165, 1.54) is 0 Å². The van der Waals surface area contributed by atoms with Crippen LogP contribution in [0, 0.1) is 0 Å². The molecule has 3 rings (SSSR count). The molecule has 3 heteroatoms. The maximum atomic E-state index is 12.5. The van der Waals surface area contributed by atoms with Crippen LogP contribution in [0.25, 0.3) is 5.69 Å². The van der Waals surface area contributed by atoms with Crippen LogP contribution in [0.3, 0.4) is 0 Å². The van der Waals surface area contributed by atoms with E-state index < -0.39 is 0 Å². The van der Waals surface area contributed by atoms with Crippen LogP contribution >= 0.6 is 0 Å². The average molecular weight is 276 g/mol. The van der Waals surface area contributed by atoms with Crippen LogP contribution in [0.2, 0.25) is 0 Å². The molecule has 0 saturated heterocycles. The zero-order valence-corrected chi connectivity index (χ0v) is 11.8. The van der Waals surface area contributed by atoms with Gasteiger partial charge >= 0.3 is 0 Å². The maximum absolute atomic E-state index is 12.5. The molecule has 3 nitrogen and oxygen atoms in total. The third-order valence-electron chi connectivity index (χ3n) is 3.46. The van der Waals surface area contributed by atoms with Gasteiger partial charge in [-0.2, -0.15) is 0 Å². The van der Waals surface area contributed by atoms with E-state index in [4.69, 9.17) is 0 Å². The molecule has 1 heterocycles. The number of benzene rings is 2. The minimum Gasteiger partial charge on any atom is -0.324 e. The zero-order valence-electron chi connectivity index (χ0n) is 11.8. The van der Waals surface area contributed by atoms with Crippen LogP contribution in [0.1, 0.15) is 10.4 Å². The molecule has 0 N–H and O–H groups in total. The second-order valence-electron chi connectivity index (χ2n) is 4.84. The van der Waals surface area contributed by atoms with Gasteiger partial charge in [-0.1, -0.05) is 18.2 Å². The Morgan fingerprint density at radius 1 is 0.857 bits per heavy atom. The summed E-state index contributed by atoms with van der Waals surface area (Å²) in [5.74, 6) is -0.0137. The van der Waals surface area contributed by atoms with Crippen molar-refractivity contribution in [1.29, 1.82) is 0 Å². The maximum Gasteiger partial charge on any atom is 0.258 e. The first kappa shape index (κ1) is 13.2. The van der Waals surface area contributed by atoms with Crippen LogP contribution in [0.4, 0.5) is 5.69 Å². The van der Waals surface area contributed by atoms with E-state index in [1.807, 2.05) is 83.7 Å². The lowest BCUT2D eigenvalue weighted by Gasteiger charge is -2.17. The lowest BCUT2D eigenvalue weighted by molar-refractivity contribution is 0.0993. The zero-order chi connectivity index (χ0) is 14.7. The van der Waals surface area contributed by atoms with Crippen LogP contribution in [-0.2, 0) is 0 Å². The molecule has 2 aromatic carbocycles. The minimum atomic E-state index is -0.0137. The van der Waals surface area contributed by atoms with E-state index in [0.29, 0.717) is 5.56 Å². The number of para-hydroxylation sites is 1. The number of hydrogen-bond acceptors (Lipinski definition) is 1. The second-order valence-corrected chi connectivity index (χ2v) is 4.84. The molecule has 0 fully saturated rings. The molecule has 0 aliphatic carbocycles. The summed E-state index contributed by atoms with van der Waals surface area (Å²) in [6, 6.07) is 21.2. The highest BCUT2D eigenvalue weighted by Gasteiger charge is 2.12. The summed E-state index contributed by atoms with van der Waals surface area (Å²) in [6.07, 6.45) is 3.96. The molecule has 0 bridgehead atoms. The van der Waals surface area contributed by atoms with Gasteiger partial charge in [-0.15, -0.1) is 0 Å². The van der Waals surface area contributed by atoms with E-state index >= 15 is 0 Å². The Bertz CT molecular complexity index is 716. The Hall–Kier alpha value is -2.81. The third kappa shape index (κ3) is 2.72. The fourth-order valence-electron chi connectivity index (χ4n) is 2.25. The molecule has 0 spiro atoms. The summed E-state index contributed by atoms with van der Waals surface area (Å²) in [7, 11) is 1.79. The monoisotopic (exact) mass is 276 g/mol. The third-order valence-corrected chi connectivity index (χ3v) is 3.46. The number of amides is 1. The first-order valence-electron chi connectivity index (χ1n) is 6.82. The highest BCUT2D eigenvalue weighted by Crippen LogP contribution is 2.16. The van der Waals surface area contributed by atoms with Crippen LogP contribution in [0.15, 0.2) is 79.1 Å². The van der Waals surface area contributed by atoms with Crippen LogP contribution in [0.5, 0.6) is 0 Å². The molecule has 3 aromatic rings. The number of carbonyl (C=O) groups excluding carboxylic acids is 1. The summed E-state index contributed by atoms with van der Waals surface area (Å²) < 4.78 is 2.01. The van der Waals surface area contributed by atoms with Crippen molar-refractivity contribution in [3.8, 4) is 5.69 Å². The predicted octanol–water partition coefficient (Wildman–Crippen LogP) is 3.75. The topological polar surface area (TPSA) is 25.2 Å². The lowest BCUT2D eigenvalue weighted by atomic mass is 10.1. The van der Waals surface area contributed by atoms with Gasteiger partial charge in [0.25, 0.3) is 5.91 Å². The average Bonchev–Trinajstić information content (AvgIpc) is 3.09. The summed E-state index contributed by atoms with van der Waals surface area (Å²) in [4.78, 5) is 14.1. The molecule has 104 valence electrons. The minimum absolute atomic E-state index is 0.0137. The largest absolute Gasteiger partial charge is 0.324 e. The van der Waals surface area contributed by atoms with Gasteiger partial charge in [-0.25, -0.2) is 0 Å². The van der Waals surface area contributed by atoms with Gasteiger partial charge < -0.3 is 9.47 Å². The Labute approximate surface area is 124 Å². The highest BCUT2D eigenvalue weighted by molar-refractivity contribution is 6.05. The Kier molecular flexibility index (Phi) is 3.56. The lowest BCUT2D eigenvalue weighted by Crippen LogP contribution is -2.26. The predicted molar refractivity (Wildman–Crippen MR) is 84.9 cm³/mol. The molecule has 0 radical (unpaired) electrons. The Balaban J connectivity index is 1.82. The van der Waals surface area contributed by atoms with Crippen molar-refractivity contribution in [3.05, 3.63) is 84.7 Å². The molecule has 0 saturated carbocycles. The number of anilines is 1. The smallest absolute Gasteiger partial charge is 0.258 e. The molecule has 21 heavy (non-hydrogen) atoms. The molecule has 1 amide bonds. The van der Waals surface area contributed by atoms with E-state index in [9.17, 15) is 4.79 Å². The molecule has 0 unspecified atom stereocenters. The number of rotatable bonds is 3. The van der Waals surface area contributed by atoms with E-state index in [1.54, 1.807) is 11.9 Å².